The fraction of sp³-hybridized carbons (Fsp3) is 0.333. The summed E-state index contributed by atoms with van der Waals surface area (Å²) < 4.78 is 41.5. The van der Waals surface area contributed by atoms with E-state index in [-0.39, 0.29) is 23.1 Å². The maximum atomic E-state index is 12.1. The number of carbonyl (C=O) groups is 1. The number of hydrogen-bond donors (Lipinski definition) is 1. The van der Waals surface area contributed by atoms with E-state index in [1.807, 2.05) is 0 Å². The number of amides is 1. The smallest absolute Gasteiger partial charge is 0.471 e. The van der Waals surface area contributed by atoms with Gasteiger partial charge in [-0.25, -0.2) is 0 Å². The molecule has 0 heterocycles. The van der Waals surface area contributed by atoms with Crippen molar-refractivity contribution in [2.24, 2.45) is 0 Å². The molecule has 1 N–H and O–H groups in total. The summed E-state index contributed by atoms with van der Waals surface area (Å²) in [6.45, 7) is 3.50. The monoisotopic (exact) mass is 272 g/mol. The summed E-state index contributed by atoms with van der Waals surface area (Å²) >= 11 is 0. The molecule has 0 fully saturated rings. The van der Waals surface area contributed by atoms with E-state index in [4.69, 9.17) is 10.00 Å². The average Bonchev–Trinajstić information content (AvgIpc) is 2.29. The Morgan fingerprint density at radius 3 is 2.53 bits per heavy atom. The number of nitrogens with one attached hydrogen (secondary N) is 1. The highest BCUT2D eigenvalue weighted by Gasteiger charge is 2.38. The fourth-order valence-electron chi connectivity index (χ4n) is 1.25. The van der Waals surface area contributed by atoms with Crippen LogP contribution in [0.15, 0.2) is 18.2 Å². The second-order valence-electron chi connectivity index (χ2n) is 3.94. The first-order chi connectivity index (χ1) is 8.74. The van der Waals surface area contributed by atoms with Crippen LogP contribution in [0.5, 0.6) is 5.75 Å². The molecular formula is C12H11F3N2O2. The number of anilines is 1. The minimum atomic E-state index is -4.97. The number of halogens is 3. The predicted molar refractivity (Wildman–Crippen MR) is 61.6 cm³/mol. The van der Waals surface area contributed by atoms with E-state index in [9.17, 15) is 18.0 Å². The van der Waals surface area contributed by atoms with Gasteiger partial charge in [0.05, 0.1) is 11.7 Å². The number of benzene rings is 1. The SMILES string of the molecule is CC(C)Oc1ccc(NC(=O)C(F)(F)F)cc1C#N. The molecule has 1 aromatic carbocycles. The Kier molecular flexibility index (Phi) is 4.38. The lowest BCUT2D eigenvalue weighted by molar-refractivity contribution is -0.167. The quantitative estimate of drug-likeness (QED) is 0.920. The molecule has 7 heteroatoms. The number of alkyl halides is 3. The minimum Gasteiger partial charge on any atom is -0.490 e. The lowest BCUT2D eigenvalue weighted by Crippen LogP contribution is -2.29. The standard InChI is InChI=1S/C12H11F3N2O2/c1-7(2)19-10-4-3-9(5-8(10)6-16)17-11(18)12(13,14)15/h3-5,7H,1-2H3,(H,17,18). The molecule has 0 saturated heterocycles. The molecule has 102 valence electrons. The first-order valence-electron chi connectivity index (χ1n) is 5.33. The summed E-state index contributed by atoms with van der Waals surface area (Å²) in [6.07, 6.45) is -5.15. The van der Waals surface area contributed by atoms with Crippen LogP contribution in [0.1, 0.15) is 19.4 Å². The zero-order chi connectivity index (χ0) is 14.6. The summed E-state index contributed by atoms with van der Waals surface area (Å²) in [5, 5.41) is 10.6. The Morgan fingerprint density at radius 1 is 1.42 bits per heavy atom. The molecule has 0 saturated carbocycles. The highest BCUT2D eigenvalue weighted by molar-refractivity contribution is 5.95. The molecule has 0 radical (unpaired) electrons. The van der Waals surface area contributed by atoms with Crippen molar-refractivity contribution in [2.45, 2.75) is 26.1 Å². The third kappa shape index (κ3) is 4.17. The molecular weight excluding hydrogens is 261 g/mol. The van der Waals surface area contributed by atoms with Crippen molar-refractivity contribution in [3.8, 4) is 11.8 Å². The Bertz CT molecular complexity index is 519. The highest BCUT2D eigenvalue weighted by atomic mass is 19.4. The van der Waals surface area contributed by atoms with Gasteiger partial charge < -0.3 is 10.1 Å². The predicted octanol–water partition coefficient (Wildman–Crippen LogP) is 2.85. The molecule has 0 atom stereocenters. The van der Waals surface area contributed by atoms with E-state index in [2.05, 4.69) is 0 Å². The van der Waals surface area contributed by atoms with Gasteiger partial charge in [0, 0.05) is 5.69 Å². The number of rotatable bonds is 3. The fourth-order valence-corrected chi connectivity index (χ4v) is 1.25. The van der Waals surface area contributed by atoms with E-state index >= 15 is 0 Å². The van der Waals surface area contributed by atoms with E-state index in [0.717, 1.165) is 6.07 Å². The first-order valence-corrected chi connectivity index (χ1v) is 5.33. The second kappa shape index (κ2) is 5.61. The summed E-state index contributed by atoms with van der Waals surface area (Å²) in [5.41, 5.74) is -0.0661. The lowest BCUT2D eigenvalue weighted by Gasteiger charge is -2.13. The third-order valence-corrected chi connectivity index (χ3v) is 1.98. The number of nitrogens with zero attached hydrogens (tertiary/aromatic N) is 1. The second-order valence-corrected chi connectivity index (χ2v) is 3.94. The maximum Gasteiger partial charge on any atom is 0.471 e. The van der Waals surface area contributed by atoms with E-state index in [1.54, 1.807) is 25.2 Å². The first kappa shape index (κ1) is 14.8. The molecule has 1 amide bonds. The summed E-state index contributed by atoms with van der Waals surface area (Å²) in [6, 6.07) is 5.50. The number of hydrogen-bond acceptors (Lipinski definition) is 3. The van der Waals surface area contributed by atoms with Crippen molar-refractivity contribution in [1.82, 2.24) is 0 Å². The van der Waals surface area contributed by atoms with Crippen LogP contribution < -0.4 is 10.1 Å². The van der Waals surface area contributed by atoms with Crippen LogP contribution >= 0.6 is 0 Å². The molecule has 19 heavy (non-hydrogen) atoms. The van der Waals surface area contributed by atoms with Crippen LogP contribution in [0.2, 0.25) is 0 Å². The zero-order valence-electron chi connectivity index (χ0n) is 10.2. The number of ether oxygens (including phenoxy) is 1. The summed E-state index contributed by atoms with van der Waals surface area (Å²) in [5.74, 6) is -1.84. The Balaban J connectivity index is 2.95. The van der Waals surface area contributed by atoms with Crippen molar-refractivity contribution < 1.29 is 22.7 Å². The van der Waals surface area contributed by atoms with Gasteiger partial charge in [0.2, 0.25) is 0 Å². The molecule has 0 unspecified atom stereocenters. The highest BCUT2D eigenvalue weighted by Crippen LogP contribution is 2.24. The molecule has 4 nitrogen and oxygen atoms in total. The van der Waals surface area contributed by atoms with Crippen LogP contribution in [0.4, 0.5) is 18.9 Å². The van der Waals surface area contributed by atoms with Crippen molar-refractivity contribution in [3.05, 3.63) is 23.8 Å². The number of carbonyl (C=O) groups excluding carboxylic acids is 1. The molecule has 1 aromatic rings. The molecule has 0 aromatic heterocycles. The molecule has 0 aliphatic heterocycles. The number of nitriles is 1. The van der Waals surface area contributed by atoms with Gasteiger partial charge in [-0.3, -0.25) is 4.79 Å². The normalized spacial score (nSPS) is 11.0. The van der Waals surface area contributed by atoms with Gasteiger partial charge in [0.25, 0.3) is 0 Å². The van der Waals surface area contributed by atoms with Gasteiger partial charge in [-0.05, 0) is 32.0 Å². The van der Waals surface area contributed by atoms with Crippen molar-refractivity contribution in [3.63, 3.8) is 0 Å². The van der Waals surface area contributed by atoms with Crippen LogP contribution in [0.25, 0.3) is 0 Å². The largest absolute Gasteiger partial charge is 0.490 e. The van der Waals surface area contributed by atoms with Gasteiger partial charge in [-0.15, -0.1) is 0 Å². The zero-order valence-corrected chi connectivity index (χ0v) is 10.2. The van der Waals surface area contributed by atoms with Crippen LogP contribution in [-0.2, 0) is 4.79 Å². The van der Waals surface area contributed by atoms with Crippen LogP contribution in [0, 0.1) is 11.3 Å². The molecule has 1 rings (SSSR count). The Labute approximate surface area is 107 Å². The minimum absolute atomic E-state index is 0.0497. The van der Waals surface area contributed by atoms with Crippen LogP contribution in [-0.4, -0.2) is 18.2 Å². The van der Waals surface area contributed by atoms with E-state index in [0.29, 0.717) is 0 Å². The van der Waals surface area contributed by atoms with Crippen molar-refractivity contribution in [2.75, 3.05) is 5.32 Å². The average molecular weight is 272 g/mol. The lowest BCUT2D eigenvalue weighted by atomic mass is 10.2. The summed E-state index contributed by atoms with van der Waals surface area (Å²) in [4.78, 5) is 10.7. The molecule has 0 bridgehead atoms. The van der Waals surface area contributed by atoms with Gasteiger partial charge in [-0.2, -0.15) is 18.4 Å². The molecule has 0 aliphatic rings. The molecule has 0 spiro atoms. The van der Waals surface area contributed by atoms with Crippen molar-refractivity contribution in [1.29, 1.82) is 5.26 Å². The van der Waals surface area contributed by atoms with Crippen molar-refractivity contribution >= 4 is 11.6 Å². The van der Waals surface area contributed by atoms with Gasteiger partial charge in [0.15, 0.2) is 0 Å². The maximum absolute atomic E-state index is 12.1. The Morgan fingerprint density at radius 2 is 2.05 bits per heavy atom. The Hall–Kier alpha value is -2.23. The van der Waals surface area contributed by atoms with Gasteiger partial charge >= 0.3 is 12.1 Å². The molecule has 0 aliphatic carbocycles. The van der Waals surface area contributed by atoms with Gasteiger partial charge in [-0.1, -0.05) is 0 Å². The van der Waals surface area contributed by atoms with E-state index in [1.165, 1.54) is 12.1 Å². The topological polar surface area (TPSA) is 62.1 Å². The van der Waals surface area contributed by atoms with Crippen LogP contribution in [0.3, 0.4) is 0 Å². The van der Waals surface area contributed by atoms with Gasteiger partial charge in [0.1, 0.15) is 11.8 Å². The summed E-state index contributed by atoms with van der Waals surface area (Å²) in [7, 11) is 0. The third-order valence-electron chi connectivity index (χ3n) is 1.98. The van der Waals surface area contributed by atoms with E-state index < -0.39 is 12.1 Å².